The van der Waals surface area contributed by atoms with Crippen molar-refractivity contribution >= 4 is 28.0 Å². The highest BCUT2D eigenvalue weighted by Crippen LogP contribution is 2.48. The number of halogens is 1. The molecule has 0 aliphatic carbocycles. The van der Waals surface area contributed by atoms with E-state index in [2.05, 4.69) is 22.5 Å². The Morgan fingerprint density at radius 2 is 1.88 bits per heavy atom. The molecule has 0 atom stereocenters. The van der Waals surface area contributed by atoms with Crippen molar-refractivity contribution in [2.24, 2.45) is 0 Å². The molecule has 0 radical (unpaired) electrons. The Labute approximate surface area is 154 Å². The van der Waals surface area contributed by atoms with E-state index >= 15 is 0 Å². The van der Waals surface area contributed by atoms with Crippen molar-refractivity contribution in [1.29, 1.82) is 0 Å². The van der Waals surface area contributed by atoms with E-state index in [-0.39, 0.29) is 5.69 Å². The van der Waals surface area contributed by atoms with Crippen LogP contribution in [0.25, 0.3) is 17.2 Å². The van der Waals surface area contributed by atoms with E-state index in [9.17, 15) is 9.90 Å². The number of nitrogens with zero attached hydrogens (tertiary/aromatic N) is 1. The van der Waals surface area contributed by atoms with Gasteiger partial charge in [0.1, 0.15) is 5.69 Å². The lowest BCUT2D eigenvalue weighted by molar-refractivity contribution is 0.0684. The maximum atomic E-state index is 11.7. The highest BCUT2D eigenvalue weighted by atomic mass is 79.9. The Bertz CT molecular complexity index is 826. The smallest absolute Gasteiger partial charge is 0.353 e. The second-order valence-corrected chi connectivity index (χ2v) is 5.85. The van der Waals surface area contributed by atoms with Gasteiger partial charge in [0, 0.05) is 23.4 Å². The number of carboxylic acid groups (broad SMARTS) is 1. The van der Waals surface area contributed by atoms with Gasteiger partial charge < -0.3 is 23.9 Å². The standard InChI is InChI=1S/C18H20BrNO5/c1-6-11-13(14(19)15(18(21)22)20(11)7-2)10-8-9-12(23-3)17(25-5)16(10)24-4/h6,8-9H,1,7H2,2-5H3,(H,21,22). The van der Waals surface area contributed by atoms with Gasteiger partial charge in [0.05, 0.1) is 25.8 Å². The second kappa shape index (κ2) is 7.65. The van der Waals surface area contributed by atoms with E-state index in [1.807, 2.05) is 6.92 Å². The zero-order valence-electron chi connectivity index (χ0n) is 14.6. The van der Waals surface area contributed by atoms with Crippen LogP contribution in [-0.4, -0.2) is 37.0 Å². The van der Waals surface area contributed by atoms with Crippen molar-refractivity contribution in [3.8, 4) is 28.4 Å². The minimum atomic E-state index is -1.03. The Morgan fingerprint density at radius 3 is 2.32 bits per heavy atom. The van der Waals surface area contributed by atoms with Crippen LogP contribution in [0.15, 0.2) is 23.2 Å². The zero-order valence-corrected chi connectivity index (χ0v) is 16.1. The Morgan fingerprint density at radius 1 is 1.24 bits per heavy atom. The summed E-state index contributed by atoms with van der Waals surface area (Å²) in [4.78, 5) is 11.7. The Kier molecular flexibility index (Phi) is 5.79. The molecule has 1 aromatic heterocycles. The van der Waals surface area contributed by atoms with E-state index in [0.717, 1.165) is 0 Å². The summed E-state index contributed by atoms with van der Waals surface area (Å²) in [5, 5.41) is 9.61. The molecular formula is C18H20BrNO5. The highest BCUT2D eigenvalue weighted by Gasteiger charge is 2.28. The Hall–Kier alpha value is -2.41. The lowest BCUT2D eigenvalue weighted by atomic mass is 10.0. The summed E-state index contributed by atoms with van der Waals surface area (Å²) >= 11 is 3.44. The lowest BCUT2D eigenvalue weighted by Gasteiger charge is -2.16. The number of hydrogen-bond acceptors (Lipinski definition) is 4. The summed E-state index contributed by atoms with van der Waals surface area (Å²) in [5.74, 6) is 0.386. The number of ether oxygens (including phenoxy) is 3. The van der Waals surface area contributed by atoms with E-state index in [4.69, 9.17) is 14.2 Å². The van der Waals surface area contributed by atoms with Crippen LogP contribution in [-0.2, 0) is 6.54 Å². The maximum Gasteiger partial charge on any atom is 0.353 e. The molecule has 0 saturated carbocycles. The monoisotopic (exact) mass is 409 g/mol. The minimum Gasteiger partial charge on any atom is -0.493 e. The number of carbonyl (C=O) groups is 1. The van der Waals surface area contributed by atoms with E-state index in [0.29, 0.717) is 45.1 Å². The average molecular weight is 410 g/mol. The first-order valence-electron chi connectivity index (χ1n) is 7.53. The van der Waals surface area contributed by atoms with Crippen LogP contribution in [0.3, 0.4) is 0 Å². The third kappa shape index (κ3) is 3.00. The zero-order chi connectivity index (χ0) is 18.7. The molecule has 2 aromatic rings. The van der Waals surface area contributed by atoms with Crippen LogP contribution >= 0.6 is 15.9 Å². The largest absolute Gasteiger partial charge is 0.493 e. The Balaban J connectivity index is 2.92. The van der Waals surface area contributed by atoms with Gasteiger partial charge in [-0.3, -0.25) is 0 Å². The minimum absolute atomic E-state index is 0.157. The third-order valence-corrected chi connectivity index (χ3v) is 4.70. The summed E-state index contributed by atoms with van der Waals surface area (Å²) < 4.78 is 18.4. The van der Waals surface area contributed by atoms with Crippen molar-refractivity contribution in [2.45, 2.75) is 13.5 Å². The van der Waals surface area contributed by atoms with Crippen LogP contribution in [0.1, 0.15) is 23.1 Å². The molecule has 0 saturated heterocycles. The van der Waals surface area contributed by atoms with Crippen molar-refractivity contribution in [2.75, 3.05) is 21.3 Å². The number of methoxy groups -OCH3 is 3. The first-order valence-corrected chi connectivity index (χ1v) is 8.32. The molecule has 0 spiro atoms. The SMILES string of the molecule is C=Cc1c(-c2ccc(OC)c(OC)c2OC)c(Br)c(C(=O)O)n1CC. The van der Waals surface area contributed by atoms with Crippen LogP contribution < -0.4 is 14.2 Å². The van der Waals surface area contributed by atoms with Gasteiger partial charge in [0.15, 0.2) is 11.5 Å². The van der Waals surface area contributed by atoms with Crippen LogP contribution in [0.5, 0.6) is 17.2 Å². The summed E-state index contributed by atoms with van der Waals surface area (Å²) in [5.41, 5.74) is 2.19. The number of carboxylic acids is 1. The normalized spacial score (nSPS) is 10.4. The van der Waals surface area contributed by atoms with Gasteiger partial charge in [-0.25, -0.2) is 4.79 Å². The molecule has 0 unspecified atom stereocenters. The van der Waals surface area contributed by atoms with Gasteiger partial charge in [-0.2, -0.15) is 0 Å². The quantitative estimate of drug-likeness (QED) is 0.737. The molecule has 0 fully saturated rings. The number of rotatable bonds is 7. The molecule has 7 heteroatoms. The number of hydrogen-bond donors (Lipinski definition) is 1. The maximum absolute atomic E-state index is 11.7. The first-order chi connectivity index (χ1) is 12.0. The number of benzene rings is 1. The lowest BCUT2D eigenvalue weighted by Crippen LogP contribution is -2.08. The van der Waals surface area contributed by atoms with Gasteiger partial charge in [-0.15, -0.1) is 0 Å². The fourth-order valence-corrected chi connectivity index (χ4v) is 3.71. The fraction of sp³-hybridized carbons (Fsp3) is 0.278. The average Bonchev–Trinajstić information content (AvgIpc) is 2.91. The highest BCUT2D eigenvalue weighted by molar-refractivity contribution is 9.10. The summed E-state index contributed by atoms with van der Waals surface area (Å²) in [6, 6.07) is 3.55. The van der Waals surface area contributed by atoms with E-state index in [1.165, 1.54) is 21.3 Å². The molecule has 1 N–H and O–H groups in total. The molecule has 6 nitrogen and oxygen atoms in total. The molecule has 1 aromatic carbocycles. The van der Waals surface area contributed by atoms with E-state index in [1.54, 1.807) is 22.8 Å². The summed E-state index contributed by atoms with van der Waals surface area (Å²) in [7, 11) is 4.59. The van der Waals surface area contributed by atoms with Gasteiger partial charge in [-0.05, 0) is 41.1 Å². The molecule has 2 rings (SSSR count). The molecular weight excluding hydrogens is 390 g/mol. The van der Waals surface area contributed by atoms with Crippen molar-refractivity contribution < 1.29 is 24.1 Å². The molecule has 134 valence electrons. The predicted octanol–water partition coefficient (Wildman–Crippen LogP) is 4.30. The van der Waals surface area contributed by atoms with Gasteiger partial charge in [-0.1, -0.05) is 6.58 Å². The predicted molar refractivity (Wildman–Crippen MR) is 99.9 cm³/mol. The fourth-order valence-electron chi connectivity index (χ4n) is 2.91. The van der Waals surface area contributed by atoms with Gasteiger partial charge in [0.25, 0.3) is 0 Å². The van der Waals surface area contributed by atoms with Crippen molar-refractivity contribution in [1.82, 2.24) is 4.57 Å². The molecule has 0 amide bonds. The molecule has 0 aliphatic heterocycles. The van der Waals surface area contributed by atoms with Gasteiger partial charge >= 0.3 is 5.97 Å². The molecule has 0 bridgehead atoms. The molecule has 0 aliphatic rings. The van der Waals surface area contributed by atoms with Crippen LogP contribution in [0.2, 0.25) is 0 Å². The third-order valence-electron chi connectivity index (χ3n) is 3.93. The second-order valence-electron chi connectivity index (χ2n) is 5.06. The number of aromatic nitrogens is 1. The van der Waals surface area contributed by atoms with Crippen molar-refractivity contribution in [3.63, 3.8) is 0 Å². The summed E-state index contributed by atoms with van der Waals surface area (Å²) in [6.45, 7) is 6.20. The van der Waals surface area contributed by atoms with Crippen LogP contribution in [0, 0.1) is 0 Å². The van der Waals surface area contributed by atoms with Crippen LogP contribution in [0.4, 0.5) is 0 Å². The first kappa shape index (κ1) is 18.9. The summed E-state index contributed by atoms with van der Waals surface area (Å²) in [6.07, 6.45) is 1.63. The van der Waals surface area contributed by atoms with E-state index < -0.39 is 5.97 Å². The molecule has 25 heavy (non-hydrogen) atoms. The van der Waals surface area contributed by atoms with Gasteiger partial charge in [0.2, 0.25) is 5.75 Å². The topological polar surface area (TPSA) is 69.9 Å². The molecule has 1 heterocycles. The number of aromatic carboxylic acids is 1. The van der Waals surface area contributed by atoms with Crippen molar-refractivity contribution in [3.05, 3.63) is 34.6 Å².